The lowest BCUT2D eigenvalue weighted by Crippen LogP contribution is -2.27. The lowest BCUT2D eigenvalue weighted by Gasteiger charge is -2.13. The Hall–Kier alpha value is -2.31. The molecule has 0 aromatic heterocycles. The number of halogens is 1. The van der Waals surface area contributed by atoms with E-state index in [0.717, 1.165) is 5.75 Å². The molecule has 0 saturated carbocycles. The fourth-order valence-corrected chi connectivity index (χ4v) is 3.46. The fourth-order valence-electron chi connectivity index (χ4n) is 2.48. The summed E-state index contributed by atoms with van der Waals surface area (Å²) >= 11 is 7.08. The van der Waals surface area contributed by atoms with E-state index in [2.05, 4.69) is 0 Å². The van der Waals surface area contributed by atoms with E-state index in [1.54, 1.807) is 53.4 Å². The summed E-state index contributed by atoms with van der Waals surface area (Å²) in [6.45, 7) is 1.02. The lowest BCUT2D eigenvalue weighted by molar-refractivity contribution is -0.134. The van der Waals surface area contributed by atoms with E-state index >= 15 is 0 Å². The van der Waals surface area contributed by atoms with E-state index < -0.39 is 5.97 Å². The zero-order valence-corrected chi connectivity index (χ0v) is 15.4. The minimum atomic E-state index is -0.411. The van der Waals surface area contributed by atoms with Gasteiger partial charge in [-0.2, -0.15) is 0 Å². The molecule has 0 atom stereocenters. The van der Waals surface area contributed by atoms with Crippen molar-refractivity contribution in [3.05, 3.63) is 64.7 Å². The van der Waals surface area contributed by atoms with Gasteiger partial charge < -0.3 is 9.64 Å². The molecule has 0 aliphatic carbocycles. The SMILES string of the molecule is O=C(CCN1CCSC1=O)Oc1ccc(C(=O)c2ccc(Cl)cc2)cc1. The molecule has 5 nitrogen and oxygen atoms in total. The summed E-state index contributed by atoms with van der Waals surface area (Å²) in [5, 5.41) is 0.570. The zero-order valence-electron chi connectivity index (χ0n) is 13.8. The van der Waals surface area contributed by atoms with Crippen molar-refractivity contribution in [2.24, 2.45) is 0 Å². The van der Waals surface area contributed by atoms with E-state index in [0.29, 0.717) is 35.0 Å². The Bertz CT molecular complexity index is 820. The third-order valence-electron chi connectivity index (χ3n) is 3.89. The number of thioether (sulfide) groups is 1. The molecule has 0 spiro atoms. The molecule has 1 heterocycles. The molecule has 3 rings (SSSR count). The largest absolute Gasteiger partial charge is 0.426 e. The third-order valence-corrected chi connectivity index (χ3v) is 5.03. The molecule has 0 N–H and O–H groups in total. The Morgan fingerprint density at radius 2 is 1.65 bits per heavy atom. The maximum Gasteiger partial charge on any atom is 0.312 e. The van der Waals surface area contributed by atoms with Gasteiger partial charge in [0.2, 0.25) is 0 Å². The highest BCUT2D eigenvalue weighted by atomic mass is 35.5. The van der Waals surface area contributed by atoms with Crippen LogP contribution in [0.3, 0.4) is 0 Å². The zero-order chi connectivity index (χ0) is 18.5. The van der Waals surface area contributed by atoms with Crippen molar-refractivity contribution in [2.75, 3.05) is 18.8 Å². The molecule has 1 saturated heterocycles. The van der Waals surface area contributed by atoms with Crippen LogP contribution in [0.1, 0.15) is 22.3 Å². The van der Waals surface area contributed by atoms with E-state index in [4.69, 9.17) is 16.3 Å². The van der Waals surface area contributed by atoms with Gasteiger partial charge in [0, 0.05) is 35.0 Å². The van der Waals surface area contributed by atoms with Crippen LogP contribution in [0, 0.1) is 0 Å². The van der Waals surface area contributed by atoms with Crippen molar-refractivity contribution in [1.82, 2.24) is 4.90 Å². The quantitative estimate of drug-likeness (QED) is 0.424. The number of amides is 1. The number of rotatable bonds is 6. The number of ketones is 1. The van der Waals surface area contributed by atoms with Crippen LogP contribution in [0.2, 0.25) is 5.02 Å². The number of carbonyl (C=O) groups excluding carboxylic acids is 3. The molecule has 26 heavy (non-hydrogen) atoms. The molecule has 0 bridgehead atoms. The molecule has 134 valence electrons. The average Bonchev–Trinajstić information content (AvgIpc) is 3.06. The van der Waals surface area contributed by atoms with Crippen LogP contribution < -0.4 is 4.74 Å². The smallest absolute Gasteiger partial charge is 0.312 e. The van der Waals surface area contributed by atoms with Crippen molar-refractivity contribution in [3.63, 3.8) is 0 Å². The third kappa shape index (κ3) is 4.65. The van der Waals surface area contributed by atoms with E-state index in [1.165, 1.54) is 11.8 Å². The first-order valence-corrected chi connectivity index (χ1v) is 9.42. The van der Waals surface area contributed by atoms with E-state index in [-0.39, 0.29) is 17.4 Å². The van der Waals surface area contributed by atoms with Crippen LogP contribution in [-0.4, -0.2) is 40.7 Å². The maximum atomic E-state index is 12.4. The maximum absolute atomic E-state index is 12.4. The standard InChI is InChI=1S/C19H16ClNO4S/c20-15-5-1-13(2-6-15)18(23)14-3-7-16(8-4-14)25-17(22)9-10-21-11-12-26-19(21)24/h1-8H,9-12H2. The van der Waals surface area contributed by atoms with Crippen molar-refractivity contribution in [3.8, 4) is 5.75 Å². The minimum Gasteiger partial charge on any atom is -0.426 e. The highest BCUT2D eigenvalue weighted by Gasteiger charge is 2.21. The van der Waals surface area contributed by atoms with Crippen LogP contribution in [-0.2, 0) is 4.79 Å². The molecule has 2 aromatic carbocycles. The molecule has 2 aromatic rings. The van der Waals surface area contributed by atoms with Crippen LogP contribution in [0.15, 0.2) is 48.5 Å². The molecular formula is C19H16ClNO4S. The molecule has 1 amide bonds. The molecule has 0 radical (unpaired) electrons. The first kappa shape index (κ1) is 18.5. The predicted octanol–water partition coefficient (Wildman–Crippen LogP) is 4.04. The van der Waals surface area contributed by atoms with Gasteiger partial charge in [0.25, 0.3) is 5.24 Å². The van der Waals surface area contributed by atoms with Gasteiger partial charge in [-0.3, -0.25) is 14.4 Å². The molecular weight excluding hydrogens is 374 g/mol. The number of benzene rings is 2. The first-order chi connectivity index (χ1) is 12.5. The molecule has 1 aliphatic heterocycles. The van der Waals surface area contributed by atoms with Gasteiger partial charge in [-0.15, -0.1) is 0 Å². The summed E-state index contributed by atoms with van der Waals surface area (Å²) in [6, 6.07) is 13.0. The van der Waals surface area contributed by atoms with Crippen LogP contribution in [0.25, 0.3) is 0 Å². The normalized spacial score (nSPS) is 13.7. The van der Waals surface area contributed by atoms with Crippen LogP contribution in [0.5, 0.6) is 5.75 Å². The number of hydrogen-bond donors (Lipinski definition) is 0. The summed E-state index contributed by atoms with van der Waals surface area (Å²) in [5.74, 6) is 0.581. The lowest BCUT2D eigenvalue weighted by atomic mass is 10.0. The van der Waals surface area contributed by atoms with Gasteiger partial charge in [-0.05, 0) is 48.5 Å². The highest BCUT2D eigenvalue weighted by molar-refractivity contribution is 8.13. The Labute approximate surface area is 160 Å². The van der Waals surface area contributed by atoms with Gasteiger partial charge in [-0.25, -0.2) is 0 Å². The van der Waals surface area contributed by atoms with Gasteiger partial charge in [0.05, 0.1) is 6.42 Å². The summed E-state index contributed by atoms with van der Waals surface area (Å²) in [5.41, 5.74) is 1.03. The Kier molecular flexibility index (Phi) is 5.96. The van der Waals surface area contributed by atoms with E-state index in [9.17, 15) is 14.4 Å². The number of carbonyl (C=O) groups is 3. The monoisotopic (exact) mass is 389 g/mol. The van der Waals surface area contributed by atoms with Gasteiger partial charge in [0.1, 0.15) is 5.75 Å². The molecule has 1 aliphatic rings. The van der Waals surface area contributed by atoms with Crippen LogP contribution in [0.4, 0.5) is 4.79 Å². The van der Waals surface area contributed by atoms with Gasteiger partial charge in [-0.1, -0.05) is 23.4 Å². The average molecular weight is 390 g/mol. The van der Waals surface area contributed by atoms with Crippen molar-refractivity contribution >= 4 is 40.4 Å². The second kappa shape index (κ2) is 8.38. The number of esters is 1. The van der Waals surface area contributed by atoms with Gasteiger partial charge >= 0.3 is 5.97 Å². The summed E-state index contributed by atoms with van der Waals surface area (Å²) < 4.78 is 5.25. The van der Waals surface area contributed by atoms with E-state index in [1.807, 2.05) is 0 Å². The second-order valence-electron chi connectivity index (χ2n) is 5.69. The molecule has 7 heteroatoms. The predicted molar refractivity (Wildman–Crippen MR) is 101 cm³/mol. The van der Waals surface area contributed by atoms with Crippen LogP contribution >= 0.6 is 23.4 Å². The summed E-state index contributed by atoms with van der Waals surface area (Å²) in [7, 11) is 0. The first-order valence-electron chi connectivity index (χ1n) is 8.05. The Morgan fingerprint density at radius 1 is 1.04 bits per heavy atom. The summed E-state index contributed by atoms with van der Waals surface area (Å²) in [4.78, 5) is 37.4. The van der Waals surface area contributed by atoms with Crippen molar-refractivity contribution in [2.45, 2.75) is 6.42 Å². The highest BCUT2D eigenvalue weighted by Crippen LogP contribution is 2.19. The number of ether oxygens (including phenoxy) is 1. The molecule has 1 fully saturated rings. The molecule has 0 unspecified atom stereocenters. The van der Waals surface area contributed by atoms with Gasteiger partial charge in [0.15, 0.2) is 5.78 Å². The Morgan fingerprint density at radius 3 is 2.23 bits per heavy atom. The van der Waals surface area contributed by atoms with Crippen molar-refractivity contribution < 1.29 is 19.1 Å². The van der Waals surface area contributed by atoms with Crippen molar-refractivity contribution in [1.29, 1.82) is 0 Å². The second-order valence-corrected chi connectivity index (χ2v) is 7.17. The fraction of sp³-hybridized carbons (Fsp3) is 0.211. The summed E-state index contributed by atoms with van der Waals surface area (Å²) in [6.07, 6.45) is 0.137. The number of hydrogen-bond acceptors (Lipinski definition) is 5. The topological polar surface area (TPSA) is 63.7 Å². The minimum absolute atomic E-state index is 0.00265. The Balaban J connectivity index is 1.55. The number of nitrogens with zero attached hydrogens (tertiary/aromatic N) is 1.